The predicted molar refractivity (Wildman–Crippen MR) is 82.5 cm³/mol. The molecule has 106 valence electrons. The van der Waals surface area contributed by atoms with Crippen LogP contribution < -0.4 is 4.90 Å². The molecular formula is C15H23NO2S. The third-order valence-corrected chi connectivity index (χ3v) is 4.15. The first-order chi connectivity index (χ1) is 9.01. The fourth-order valence-electron chi connectivity index (χ4n) is 2.02. The van der Waals surface area contributed by atoms with Crippen LogP contribution in [0.1, 0.15) is 37.6 Å². The van der Waals surface area contributed by atoms with Crippen molar-refractivity contribution in [2.75, 3.05) is 24.2 Å². The number of carbonyl (C=O) groups is 1. The Morgan fingerprint density at radius 2 is 2.11 bits per heavy atom. The number of hydrogen-bond acceptors (Lipinski definition) is 3. The topological polar surface area (TPSA) is 40.5 Å². The van der Waals surface area contributed by atoms with Gasteiger partial charge in [0.15, 0.2) is 0 Å². The third-order valence-electron chi connectivity index (χ3n) is 3.21. The van der Waals surface area contributed by atoms with E-state index in [0.717, 1.165) is 29.3 Å². The number of nitrogens with zero attached hydrogens (tertiary/aromatic N) is 1. The first-order valence-electron chi connectivity index (χ1n) is 6.71. The lowest BCUT2D eigenvalue weighted by Gasteiger charge is -2.25. The first-order valence-corrected chi connectivity index (χ1v) is 7.70. The predicted octanol–water partition coefficient (Wildman–Crippen LogP) is 3.98. The molecule has 0 aromatic heterocycles. The van der Waals surface area contributed by atoms with Crippen molar-refractivity contribution in [3.05, 3.63) is 23.8 Å². The Hall–Kier alpha value is -1.16. The molecule has 19 heavy (non-hydrogen) atoms. The van der Waals surface area contributed by atoms with E-state index < -0.39 is 5.97 Å². The molecule has 0 radical (unpaired) electrons. The van der Waals surface area contributed by atoms with Crippen LogP contribution in [0.15, 0.2) is 23.1 Å². The molecule has 0 saturated heterocycles. The molecule has 0 bridgehead atoms. The summed E-state index contributed by atoms with van der Waals surface area (Å²) in [5.74, 6) is 0.579. The maximum atomic E-state index is 11.5. The van der Waals surface area contributed by atoms with Crippen LogP contribution in [0.5, 0.6) is 0 Å². The number of aromatic carboxylic acids is 1. The fourth-order valence-corrected chi connectivity index (χ4v) is 2.85. The Labute approximate surface area is 120 Å². The third kappa shape index (κ3) is 4.16. The van der Waals surface area contributed by atoms with E-state index in [-0.39, 0.29) is 0 Å². The zero-order valence-corrected chi connectivity index (χ0v) is 13.0. The van der Waals surface area contributed by atoms with E-state index in [1.54, 1.807) is 11.8 Å². The van der Waals surface area contributed by atoms with Gasteiger partial charge in [-0.05, 0) is 23.8 Å². The molecule has 0 aliphatic heterocycles. The SMILES string of the molecule is CCSc1cccc(N(C)CC(C)CC)c1C(=O)O. The Morgan fingerprint density at radius 1 is 1.42 bits per heavy atom. The molecule has 1 rings (SSSR count). The van der Waals surface area contributed by atoms with Crippen LogP contribution >= 0.6 is 11.8 Å². The van der Waals surface area contributed by atoms with Crippen LogP contribution in [0.3, 0.4) is 0 Å². The lowest BCUT2D eigenvalue weighted by atomic mass is 10.1. The number of carboxylic acids is 1. The van der Waals surface area contributed by atoms with Crippen molar-refractivity contribution in [2.45, 2.75) is 32.1 Å². The first kappa shape index (κ1) is 15.9. The Balaban J connectivity index is 3.11. The fraction of sp³-hybridized carbons (Fsp3) is 0.533. The van der Waals surface area contributed by atoms with E-state index in [0.29, 0.717) is 11.5 Å². The van der Waals surface area contributed by atoms with E-state index in [1.165, 1.54) is 0 Å². The van der Waals surface area contributed by atoms with Gasteiger partial charge >= 0.3 is 5.97 Å². The molecule has 0 heterocycles. The summed E-state index contributed by atoms with van der Waals surface area (Å²) in [6, 6.07) is 5.72. The summed E-state index contributed by atoms with van der Waals surface area (Å²) in [6.07, 6.45) is 1.09. The van der Waals surface area contributed by atoms with Gasteiger partial charge in [-0.1, -0.05) is 33.3 Å². The maximum absolute atomic E-state index is 11.5. The molecule has 0 saturated carbocycles. The van der Waals surface area contributed by atoms with Gasteiger partial charge in [0.2, 0.25) is 0 Å². The van der Waals surface area contributed by atoms with Crippen LogP contribution in [0.2, 0.25) is 0 Å². The minimum Gasteiger partial charge on any atom is -0.478 e. The Bertz CT molecular complexity index is 434. The molecule has 1 unspecified atom stereocenters. The van der Waals surface area contributed by atoms with Crippen LogP contribution in [0, 0.1) is 5.92 Å². The monoisotopic (exact) mass is 281 g/mol. The summed E-state index contributed by atoms with van der Waals surface area (Å²) >= 11 is 1.58. The highest BCUT2D eigenvalue weighted by Crippen LogP contribution is 2.30. The molecule has 1 N–H and O–H groups in total. The van der Waals surface area contributed by atoms with Gasteiger partial charge < -0.3 is 10.0 Å². The zero-order valence-electron chi connectivity index (χ0n) is 12.1. The molecule has 0 spiro atoms. The van der Waals surface area contributed by atoms with Crippen molar-refractivity contribution in [1.29, 1.82) is 0 Å². The maximum Gasteiger partial charge on any atom is 0.338 e. The lowest BCUT2D eigenvalue weighted by Crippen LogP contribution is -2.25. The summed E-state index contributed by atoms with van der Waals surface area (Å²) in [4.78, 5) is 14.4. The second kappa shape index (κ2) is 7.43. The van der Waals surface area contributed by atoms with Gasteiger partial charge in [-0.15, -0.1) is 11.8 Å². The highest BCUT2D eigenvalue weighted by Gasteiger charge is 2.18. The number of rotatable bonds is 7. The van der Waals surface area contributed by atoms with Crippen LogP contribution in [-0.2, 0) is 0 Å². The Kier molecular flexibility index (Phi) is 6.22. The molecular weight excluding hydrogens is 258 g/mol. The molecule has 1 aromatic rings. The molecule has 0 amide bonds. The quantitative estimate of drug-likeness (QED) is 0.767. The highest BCUT2D eigenvalue weighted by molar-refractivity contribution is 7.99. The van der Waals surface area contributed by atoms with E-state index in [9.17, 15) is 9.90 Å². The molecule has 0 fully saturated rings. The number of benzene rings is 1. The largest absolute Gasteiger partial charge is 0.478 e. The number of carboxylic acid groups (broad SMARTS) is 1. The minimum atomic E-state index is -0.845. The van der Waals surface area contributed by atoms with Crippen molar-refractivity contribution in [3.63, 3.8) is 0 Å². The zero-order chi connectivity index (χ0) is 14.4. The number of anilines is 1. The standard InChI is InChI=1S/C15H23NO2S/c1-5-11(3)10-16(4)12-8-7-9-13(19-6-2)14(12)15(17)18/h7-9,11H,5-6,10H2,1-4H3,(H,17,18). The van der Waals surface area contributed by atoms with Crippen molar-refractivity contribution >= 4 is 23.4 Å². The van der Waals surface area contributed by atoms with Gasteiger partial charge in [-0.2, -0.15) is 0 Å². The second-order valence-corrected chi connectivity index (χ2v) is 6.09. The molecule has 4 heteroatoms. The summed E-state index contributed by atoms with van der Waals surface area (Å²) in [7, 11) is 1.97. The van der Waals surface area contributed by atoms with E-state index in [4.69, 9.17) is 0 Å². The van der Waals surface area contributed by atoms with Crippen LogP contribution in [0.25, 0.3) is 0 Å². The second-order valence-electron chi connectivity index (χ2n) is 4.78. The van der Waals surface area contributed by atoms with Gasteiger partial charge in [0.25, 0.3) is 0 Å². The number of thioether (sulfide) groups is 1. The van der Waals surface area contributed by atoms with Gasteiger partial charge in [-0.25, -0.2) is 4.79 Å². The van der Waals surface area contributed by atoms with Crippen LogP contribution in [-0.4, -0.2) is 30.4 Å². The summed E-state index contributed by atoms with van der Waals surface area (Å²) in [5.41, 5.74) is 1.24. The average molecular weight is 281 g/mol. The molecule has 1 aromatic carbocycles. The van der Waals surface area contributed by atoms with Crippen molar-refractivity contribution in [1.82, 2.24) is 0 Å². The summed E-state index contributed by atoms with van der Waals surface area (Å²) < 4.78 is 0. The normalized spacial score (nSPS) is 12.2. The number of hydrogen-bond donors (Lipinski definition) is 1. The van der Waals surface area contributed by atoms with Crippen molar-refractivity contribution in [3.8, 4) is 0 Å². The summed E-state index contributed by atoms with van der Waals surface area (Å²) in [5, 5.41) is 9.47. The average Bonchev–Trinajstić information content (AvgIpc) is 2.38. The molecule has 0 aliphatic rings. The van der Waals surface area contributed by atoms with Gasteiger partial charge in [-0.3, -0.25) is 0 Å². The Morgan fingerprint density at radius 3 is 2.63 bits per heavy atom. The minimum absolute atomic E-state index is 0.431. The smallest absolute Gasteiger partial charge is 0.338 e. The van der Waals surface area contributed by atoms with E-state index >= 15 is 0 Å². The molecule has 3 nitrogen and oxygen atoms in total. The summed E-state index contributed by atoms with van der Waals surface area (Å²) in [6.45, 7) is 7.24. The van der Waals surface area contributed by atoms with E-state index in [2.05, 4.69) is 18.7 Å². The van der Waals surface area contributed by atoms with Gasteiger partial charge in [0.1, 0.15) is 0 Å². The molecule has 1 atom stereocenters. The van der Waals surface area contributed by atoms with Crippen LogP contribution in [0.4, 0.5) is 5.69 Å². The van der Waals surface area contributed by atoms with E-state index in [1.807, 2.05) is 32.2 Å². The highest BCUT2D eigenvalue weighted by atomic mass is 32.2. The van der Waals surface area contributed by atoms with Gasteiger partial charge in [0.05, 0.1) is 11.3 Å². The van der Waals surface area contributed by atoms with Gasteiger partial charge in [0, 0.05) is 18.5 Å². The van der Waals surface area contributed by atoms with Crippen molar-refractivity contribution in [2.24, 2.45) is 5.92 Å². The molecule has 0 aliphatic carbocycles. The lowest BCUT2D eigenvalue weighted by molar-refractivity contribution is 0.0694. The van der Waals surface area contributed by atoms with Crippen molar-refractivity contribution < 1.29 is 9.90 Å².